The van der Waals surface area contributed by atoms with Crippen LogP contribution in [0.15, 0.2) is 0 Å². The molecule has 0 aliphatic carbocycles. The lowest BCUT2D eigenvalue weighted by atomic mass is 10.8. The summed E-state index contributed by atoms with van der Waals surface area (Å²) in [4.78, 5) is 10.3. The first-order chi connectivity index (χ1) is 3.66. The fourth-order valence-electron chi connectivity index (χ4n) is 0.208. The summed E-state index contributed by atoms with van der Waals surface area (Å²) in [7, 11) is 1.28. The number of hydrogen-bond acceptors (Lipinski definition) is 2. The normalized spacial score (nSPS) is 9.00. The van der Waals surface area contributed by atoms with Gasteiger partial charge in [-0.15, -0.1) is 0 Å². The van der Waals surface area contributed by atoms with Crippen molar-refractivity contribution in [2.24, 2.45) is 0 Å². The zero-order valence-corrected chi connectivity index (χ0v) is 6.04. The van der Waals surface area contributed by atoms with Crippen molar-refractivity contribution in [3.8, 4) is 0 Å². The van der Waals surface area contributed by atoms with Crippen LogP contribution in [0.2, 0.25) is 0 Å². The molecule has 0 bridgehead atoms. The predicted molar refractivity (Wildman–Crippen MR) is 36.5 cm³/mol. The van der Waals surface area contributed by atoms with E-state index in [0.717, 1.165) is 0 Å². The minimum atomic E-state index is -0.363. The molecule has 0 aliphatic heterocycles. The summed E-state index contributed by atoms with van der Waals surface area (Å²) in [6.07, 6.45) is 3.80. The number of methoxy groups -OCH3 is 1. The number of carbonyl (C=O) groups excluding carboxylic acids is 1. The molecule has 0 unspecified atom stereocenters. The second-order valence-corrected chi connectivity index (χ2v) is 3.25. The van der Waals surface area contributed by atoms with Crippen molar-refractivity contribution in [3.63, 3.8) is 0 Å². The van der Waals surface area contributed by atoms with Gasteiger partial charge in [0, 0.05) is 0 Å². The molecule has 0 amide bonds. The molecule has 0 N–H and O–H groups in total. The maximum atomic E-state index is 10.3. The topological polar surface area (TPSA) is 26.3 Å². The number of carbonyl (C=O) groups is 1. The fraction of sp³-hybridized carbons (Fsp3) is 0.600. The van der Waals surface area contributed by atoms with Crippen LogP contribution < -0.4 is 0 Å². The van der Waals surface area contributed by atoms with E-state index in [1.54, 1.807) is 0 Å². The molecule has 0 fully saturated rings. The third kappa shape index (κ3) is 3.87. The third-order valence-corrected chi connectivity index (χ3v) is 1.05. The summed E-state index contributed by atoms with van der Waals surface area (Å²) in [6, 6.07) is 0. The summed E-state index contributed by atoms with van der Waals surface area (Å²) in [5.74, 6) is -0.363. The van der Waals surface area contributed by atoms with Crippen LogP contribution in [-0.4, -0.2) is 31.0 Å². The first-order valence-electron chi connectivity index (χ1n) is 2.09. The van der Waals surface area contributed by atoms with E-state index in [1.807, 2.05) is 12.5 Å². The monoisotopic (exact) mass is 133 g/mol. The molecular weight excluding hydrogens is 124 g/mol. The minimum absolute atomic E-state index is 0.0701. The number of hydrogen-bond donors (Lipinski definition) is 0. The highest BCUT2D eigenvalue weighted by atomic mass is 32.2. The Kier molecular flexibility index (Phi) is 3.52. The maximum Gasteiger partial charge on any atom is 0.344 e. The van der Waals surface area contributed by atoms with Crippen LogP contribution in [0.1, 0.15) is 0 Å². The van der Waals surface area contributed by atoms with E-state index in [9.17, 15) is 4.79 Å². The third-order valence-electron chi connectivity index (χ3n) is 0.473. The fourth-order valence-corrected chi connectivity index (χ4v) is 0.625. The van der Waals surface area contributed by atoms with E-state index in [2.05, 4.69) is 10.1 Å². The average molecular weight is 133 g/mol. The number of esters is 1. The van der Waals surface area contributed by atoms with E-state index in [-0.39, 0.29) is 16.5 Å². The molecule has 0 saturated carbocycles. The maximum absolute atomic E-state index is 10.3. The molecule has 3 heteroatoms. The van der Waals surface area contributed by atoms with E-state index in [1.165, 1.54) is 7.11 Å². The summed E-state index contributed by atoms with van der Waals surface area (Å²) in [5, 5.41) is 2.56. The average Bonchev–Trinajstić information content (AvgIpc) is 1.65. The van der Waals surface area contributed by atoms with Crippen LogP contribution in [0.4, 0.5) is 0 Å². The molecule has 1 radical (unpaired) electrons. The Morgan fingerprint density at radius 2 is 2.12 bits per heavy atom. The van der Waals surface area contributed by atoms with Crippen molar-refractivity contribution >= 4 is 21.8 Å². The van der Waals surface area contributed by atoms with Crippen molar-refractivity contribution in [2.75, 3.05) is 19.6 Å². The van der Waals surface area contributed by atoms with Gasteiger partial charge in [-0.3, -0.25) is 0 Å². The minimum Gasteiger partial charge on any atom is -0.465 e. The lowest BCUT2D eigenvalue weighted by molar-refractivity contribution is -0.131. The molecule has 2 nitrogen and oxygen atoms in total. The molecule has 0 atom stereocenters. The van der Waals surface area contributed by atoms with E-state index in [0.29, 0.717) is 0 Å². The van der Waals surface area contributed by atoms with Crippen LogP contribution >= 0.6 is 10.5 Å². The molecular formula is C5H9O2S. The molecule has 0 aromatic carbocycles. The molecule has 8 heavy (non-hydrogen) atoms. The zero-order chi connectivity index (χ0) is 6.57. The Morgan fingerprint density at radius 3 is 2.25 bits per heavy atom. The highest BCUT2D eigenvalue weighted by Crippen LogP contribution is 1.93. The van der Waals surface area contributed by atoms with E-state index < -0.39 is 0 Å². The Balaban J connectivity index is 3.70. The van der Waals surface area contributed by atoms with Crippen molar-refractivity contribution < 1.29 is 9.53 Å². The first-order valence-corrected chi connectivity index (χ1v) is 4.13. The lowest BCUT2D eigenvalue weighted by Crippen LogP contribution is -2.00. The molecule has 0 saturated heterocycles. The zero-order valence-electron chi connectivity index (χ0n) is 5.22. The molecule has 0 heterocycles. The first kappa shape index (κ1) is 7.69. The van der Waals surface area contributed by atoms with Gasteiger partial charge in [0.25, 0.3) is 0 Å². The van der Waals surface area contributed by atoms with E-state index >= 15 is 0 Å². The number of ether oxygens (including phenoxy) is 1. The lowest BCUT2D eigenvalue weighted by Gasteiger charge is -1.89. The van der Waals surface area contributed by atoms with Gasteiger partial charge in [-0.25, -0.2) is 4.79 Å². The van der Waals surface area contributed by atoms with Gasteiger partial charge in [0.1, 0.15) is 5.37 Å². The van der Waals surface area contributed by atoms with Gasteiger partial charge in [0.2, 0.25) is 0 Å². The van der Waals surface area contributed by atoms with Gasteiger partial charge in [0.15, 0.2) is 0 Å². The van der Waals surface area contributed by atoms with Crippen LogP contribution in [-0.2, 0) is 9.53 Å². The SMILES string of the molecule is COC(=O)[C]=S(C)C. The smallest absolute Gasteiger partial charge is 0.344 e. The van der Waals surface area contributed by atoms with Crippen molar-refractivity contribution in [2.45, 2.75) is 0 Å². The van der Waals surface area contributed by atoms with Crippen molar-refractivity contribution in [1.29, 1.82) is 0 Å². The molecule has 0 aromatic heterocycles. The van der Waals surface area contributed by atoms with Gasteiger partial charge in [-0.1, -0.05) is 0 Å². The summed E-state index contributed by atoms with van der Waals surface area (Å²) < 4.78 is 4.32. The summed E-state index contributed by atoms with van der Waals surface area (Å²) in [6.45, 7) is 0. The highest BCUT2D eigenvalue weighted by molar-refractivity contribution is 8.14. The molecule has 0 aromatic rings. The van der Waals surface area contributed by atoms with Gasteiger partial charge in [-0.05, 0) is 12.5 Å². The summed E-state index contributed by atoms with van der Waals surface area (Å²) >= 11 is 0. The quantitative estimate of drug-likeness (QED) is 0.381. The van der Waals surface area contributed by atoms with Crippen LogP contribution in [0.3, 0.4) is 0 Å². The highest BCUT2D eigenvalue weighted by Gasteiger charge is 1.90. The van der Waals surface area contributed by atoms with Crippen molar-refractivity contribution in [1.82, 2.24) is 0 Å². The van der Waals surface area contributed by atoms with Crippen molar-refractivity contribution in [3.05, 3.63) is 0 Å². The van der Waals surface area contributed by atoms with Gasteiger partial charge < -0.3 is 4.74 Å². The predicted octanol–water partition coefficient (Wildman–Crippen LogP) is 0.367. The largest absolute Gasteiger partial charge is 0.465 e. The van der Waals surface area contributed by atoms with Gasteiger partial charge in [-0.2, -0.15) is 10.5 Å². The Bertz CT molecular complexity index is 114. The van der Waals surface area contributed by atoms with Crippen LogP contribution in [0.25, 0.3) is 0 Å². The molecule has 47 valence electrons. The second kappa shape index (κ2) is 3.66. The molecule has 0 rings (SSSR count). The Morgan fingerprint density at radius 1 is 1.62 bits per heavy atom. The second-order valence-electron chi connectivity index (χ2n) is 1.41. The Labute approximate surface area is 51.8 Å². The summed E-state index contributed by atoms with van der Waals surface area (Å²) in [5.41, 5.74) is 0. The number of rotatable bonds is 1. The molecule has 0 aliphatic rings. The standard InChI is InChI=1S/C5H9O2S/c1-7-5(6)4-8(2)3/h1-3H3. The van der Waals surface area contributed by atoms with Gasteiger partial charge >= 0.3 is 5.97 Å². The molecule has 0 spiro atoms. The van der Waals surface area contributed by atoms with Crippen LogP contribution in [0, 0.1) is 0 Å². The van der Waals surface area contributed by atoms with Gasteiger partial charge in [0.05, 0.1) is 7.11 Å². The van der Waals surface area contributed by atoms with Crippen LogP contribution in [0.5, 0.6) is 0 Å². The Hall–Kier alpha value is -0.310. The van der Waals surface area contributed by atoms with E-state index in [4.69, 9.17) is 0 Å².